The summed E-state index contributed by atoms with van der Waals surface area (Å²) < 4.78 is 6.07. The van der Waals surface area contributed by atoms with Crippen LogP contribution >= 0.6 is 0 Å². The second-order valence-corrected chi connectivity index (χ2v) is 5.21. The number of rotatable bonds is 7. The average Bonchev–Trinajstić information content (AvgIpc) is 2.95. The lowest BCUT2D eigenvalue weighted by Gasteiger charge is -2.05. The highest BCUT2D eigenvalue weighted by Crippen LogP contribution is 2.01. The molecule has 114 valence electrons. The second kappa shape index (κ2) is 7.36. The highest BCUT2D eigenvalue weighted by molar-refractivity contribution is 5.49. The van der Waals surface area contributed by atoms with E-state index in [0.29, 0.717) is 0 Å². The number of imidazole rings is 1. The normalized spacial score (nSPS) is 11.3. The molecule has 0 saturated heterocycles. The van der Waals surface area contributed by atoms with E-state index in [4.69, 9.17) is 4.98 Å². The molecule has 0 atom stereocenters. The molecule has 0 saturated carbocycles. The summed E-state index contributed by atoms with van der Waals surface area (Å²) in [5.74, 6) is 0. The van der Waals surface area contributed by atoms with E-state index in [0.717, 1.165) is 24.5 Å². The molecule has 0 aliphatic carbocycles. The zero-order valence-electron chi connectivity index (χ0n) is 13.3. The van der Waals surface area contributed by atoms with Crippen molar-refractivity contribution in [2.75, 3.05) is 14.1 Å². The zero-order valence-corrected chi connectivity index (χ0v) is 13.3. The van der Waals surface area contributed by atoms with Gasteiger partial charge in [0.2, 0.25) is 12.7 Å². The van der Waals surface area contributed by atoms with Crippen molar-refractivity contribution in [1.82, 2.24) is 14.5 Å². The van der Waals surface area contributed by atoms with Crippen LogP contribution in [0.1, 0.15) is 11.4 Å². The Labute approximate surface area is 131 Å². The van der Waals surface area contributed by atoms with Crippen LogP contribution in [-0.2, 0) is 13.1 Å². The largest absolute Gasteiger partial charge is 0.265 e. The van der Waals surface area contributed by atoms with Crippen molar-refractivity contribution in [2.24, 2.45) is 0 Å². The van der Waals surface area contributed by atoms with E-state index in [9.17, 15) is 0 Å². The number of pyridine rings is 1. The van der Waals surface area contributed by atoms with Gasteiger partial charge in [-0.15, -0.1) is 0 Å². The van der Waals surface area contributed by atoms with Crippen molar-refractivity contribution in [3.63, 3.8) is 0 Å². The van der Waals surface area contributed by atoms with Gasteiger partial charge < -0.3 is 0 Å². The van der Waals surface area contributed by atoms with Gasteiger partial charge in [-0.25, -0.2) is 19.0 Å². The maximum Gasteiger partial charge on any atom is 0.248 e. The highest BCUT2D eigenvalue weighted by Gasteiger charge is 2.06. The summed E-state index contributed by atoms with van der Waals surface area (Å²) >= 11 is 0. The van der Waals surface area contributed by atoms with Crippen LogP contribution < -0.4 is 4.57 Å². The molecule has 0 aliphatic heterocycles. The third-order valence-corrected chi connectivity index (χ3v) is 3.21. The fraction of sp³-hybridized carbons (Fsp3) is 0.235. The predicted molar refractivity (Wildman–Crippen MR) is 88.3 cm³/mol. The van der Waals surface area contributed by atoms with Crippen molar-refractivity contribution in [1.29, 1.82) is 0 Å². The molecule has 0 amide bonds. The monoisotopic (exact) mass is 297 g/mol. The summed E-state index contributed by atoms with van der Waals surface area (Å²) in [6.45, 7) is 8.97. The second-order valence-electron chi connectivity index (χ2n) is 5.21. The summed E-state index contributed by atoms with van der Waals surface area (Å²) in [5.41, 5.74) is 2.08. The van der Waals surface area contributed by atoms with Gasteiger partial charge in [-0.2, -0.15) is 0 Å². The van der Waals surface area contributed by atoms with Gasteiger partial charge in [0.05, 0.1) is 37.9 Å². The van der Waals surface area contributed by atoms with Crippen molar-refractivity contribution in [2.45, 2.75) is 13.1 Å². The molecular formula is C17H23N5+2. The van der Waals surface area contributed by atoms with Gasteiger partial charge in [0.25, 0.3) is 0 Å². The van der Waals surface area contributed by atoms with Crippen molar-refractivity contribution < 1.29 is 9.14 Å². The minimum absolute atomic E-state index is 0.745. The first kappa shape index (κ1) is 15.7. The van der Waals surface area contributed by atoms with Crippen LogP contribution in [0, 0.1) is 0 Å². The molecular weight excluding hydrogens is 274 g/mol. The molecule has 2 aromatic heterocycles. The molecule has 0 fully saturated rings. The Morgan fingerprint density at radius 1 is 1.36 bits per heavy atom. The van der Waals surface area contributed by atoms with Gasteiger partial charge in [0.15, 0.2) is 0 Å². The van der Waals surface area contributed by atoms with Crippen LogP contribution in [0.3, 0.4) is 0 Å². The third kappa shape index (κ3) is 4.41. The fourth-order valence-electron chi connectivity index (χ4n) is 2.16. The minimum atomic E-state index is 0.745. The van der Waals surface area contributed by atoms with E-state index in [1.165, 1.54) is 0 Å². The summed E-state index contributed by atoms with van der Waals surface area (Å²) in [5, 5.41) is 0. The molecule has 0 unspecified atom stereocenters. The lowest BCUT2D eigenvalue weighted by atomic mass is 10.3. The standard InChI is InChI=1S/C17H23N5/c1-5-19(3)14-20(4)12-16-8-7-9-17(18-16)13-22-11-10-21(6-2)15-22/h5-11,14-15H,1-2,12-13H2,3-4H3/q+2. The molecule has 2 rings (SSSR count). The Balaban J connectivity index is 2.07. The Kier molecular flexibility index (Phi) is 5.25. The number of hydrogen-bond donors (Lipinski definition) is 0. The first-order chi connectivity index (χ1) is 10.6. The zero-order chi connectivity index (χ0) is 15.9. The van der Waals surface area contributed by atoms with E-state index in [-0.39, 0.29) is 0 Å². The van der Waals surface area contributed by atoms with Gasteiger partial charge in [-0.1, -0.05) is 19.2 Å². The summed E-state index contributed by atoms with van der Waals surface area (Å²) in [7, 11) is 3.97. The van der Waals surface area contributed by atoms with Gasteiger partial charge in [0.1, 0.15) is 25.5 Å². The molecule has 0 N–H and O–H groups in total. The molecule has 5 nitrogen and oxygen atoms in total. The molecule has 0 spiro atoms. The summed E-state index contributed by atoms with van der Waals surface area (Å²) in [6.07, 6.45) is 11.5. The third-order valence-electron chi connectivity index (χ3n) is 3.21. The van der Waals surface area contributed by atoms with Crippen molar-refractivity contribution in [3.05, 3.63) is 67.7 Å². The van der Waals surface area contributed by atoms with Crippen LogP contribution in [-0.4, -0.2) is 39.5 Å². The first-order valence-electron chi connectivity index (χ1n) is 7.14. The molecule has 0 bridgehead atoms. The Morgan fingerprint density at radius 2 is 2.14 bits per heavy atom. The van der Waals surface area contributed by atoms with E-state index in [1.54, 1.807) is 12.4 Å². The Hall–Kier alpha value is -2.69. The van der Waals surface area contributed by atoms with Crippen LogP contribution in [0.25, 0.3) is 6.20 Å². The molecule has 0 radical (unpaired) electrons. The van der Waals surface area contributed by atoms with E-state index < -0.39 is 0 Å². The van der Waals surface area contributed by atoms with E-state index in [1.807, 2.05) is 66.8 Å². The lowest BCUT2D eigenvalue weighted by molar-refractivity contribution is -0.688. The Morgan fingerprint density at radius 3 is 2.82 bits per heavy atom. The smallest absolute Gasteiger partial charge is 0.248 e. The quantitative estimate of drug-likeness (QED) is 0.441. The van der Waals surface area contributed by atoms with Crippen LogP contribution in [0.5, 0.6) is 0 Å². The Bertz CT molecular complexity index is 684. The van der Waals surface area contributed by atoms with Crippen LogP contribution in [0.2, 0.25) is 0 Å². The number of aromatic nitrogens is 3. The van der Waals surface area contributed by atoms with Gasteiger partial charge >= 0.3 is 0 Å². The van der Waals surface area contributed by atoms with Crippen LogP contribution in [0.4, 0.5) is 0 Å². The molecule has 2 aromatic rings. The molecule has 0 aliphatic rings. The first-order valence-corrected chi connectivity index (χ1v) is 7.14. The van der Waals surface area contributed by atoms with Crippen molar-refractivity contribution >= 4 is 12.5 Å². The summed E-state index contributed by atoms with van der Waals surface area (Å²) in [4.78, 5) is 6.63. The van der Waals surface area contributed by atoms with E-state index in [2.05, 4.69) is 22.3 Å². The average molecular weight is 297 g/mol. The maximum absolute atomic E-state index is 4.71. The molecule has 2 heterocycles. The fourth-order valence-corrected chi connectivity index (χ4v) is 2.16. The van der Waals surface area contributed by atoms with Crippen molar-refractivity contribution in [3.8, 4) is 0 Å². The topological polar surface area (TPSA) is 27.9 Å². The molecule has 5 heteroatoms. The predicted octanol–water partition coefficient (Wildman–Crippen LogP) is 1.57. The number of nitrogens with zero attached hydrogens (tertiary/aromatic N) is 5. The maximum atomic E-state index is 4.71. The van der Waals surface area contributed by atoms with Crippen LogP contribution in [0.15, 0.2) is 56.3 Å². The molecule has 22 heavy (non-hydrogen) atoms. The van der Waals surface area contributed by atoms with Gasteiger partial charge in [-0.05, 0) is 12.1 Å². The minimum Gasteiger partial charge on any atom is -0.265 e. The lowest BCUT2D eigenvalue weighted by Crippen LogP contribution is -2.32. The SMILES string of the molecule is C=CN(C)C=[N+](C)Cc1cccc(C[n+]2ccn(C=C)c2)n1. The summed E-state index contributed by atoms with van der Waals surface area (Å²) in [6, 6.07) is 6.14. The molecule has 0 aromatic carbocycles. The highest BCUT2D eigenvalue weighted by atomic mass is 15.2. The van der Waals surface area contributed by atoms with E-state index >= 15 is 0 Å². The van der Waals surface area contributed by atoms with Gasteiger partial charge in [0, 0.05) is 0 Å². The van der Waals surface area contributed by atoms with Gasteiger partial charge in [-0.3, -0.25) is 4.58 Å². The number of hydrogen-bond acceptors (Lipinski definition) is 1.